The molecule has 198 valence electrons. The number of carbonyl (C=O) groups excluding carboxylic acids is 1. The summed E-state index contributed by atoms with van der Waals surface area (Å²) in [5.41, 5.74) is 1.91. The van der Waals surface area contributed by atoms with Crippen LogP contribution < -0.4 is 20.9 Å². The van der Waals surface area contributed by atoms with Crippen LogP contribution >= 0.6 is 0 Å². The molecule has 1 fully saturated rings. The highest BCUT2D eigenvalue weighted by molar-refractivity contribution is 5.70. The molecule has 0 aliphatic carbocycles. The smallest absolute Gasteiger partial charge is 0.418 e. The molecule has 2 aliphatic heterocycles. The Morgan fingerprint density at radius 2 is 2.00 bits per heavy atom. The minimum absolute atomic E-state index is 0.0604. The quantitative estimate of drug-likeness (QED) is 0.419. The predicted molar refractivity (Wildman–Crippen MR) is 136 cm³/mol. The highest BCUT2D eigenvalue weighted by Crippen LogP contribution is 2.34. The number of allylic oxidation sites excluding steroid dienone is 2. The van der Waals surface area contributed by atoms with Gasteiger partial charge >= 0.3 is 12.3 Å². The third kappa shape index (κ3) is 6.91. The number of alkyl halides is 3. The van der Waals surface area contributed by atoms with Gasteiger partial charge in [0, 0.05) is 63.0 Å². The predicted octanol–water partition coefficient (Wildman–Crippen LogP) is 4.49. The maximum atomic E-state index is 13.6. The molecule has 1 aromatic heterocycles. The molecule has 12 heteroatoms. The highest BCUT2D eigenvalue weighted by Gasteiger charge is 2.35. The maximum absolute atomic E-state index is 13.6. The van der Waals surface area contributed by atoms with Crippen LogP contribution in [-0.2, 0) is 17.3 Å². The fourth-order valence-electron chi connectivity index (χ4n) is 4.07. The van der Waals surface area contributed by atoms with E-state index in [-0.39, 0.29) is 24.9 Å². The summed E-state index contributed by atoms with van der Waals surface area (Å²) in [6.07, 6.45) is 2.75. The topological polar surface area (TPSA) is 94.6 Å². The number of aryl methyl sites for hydroxylation is 1. The van der Waals surface area contributed by atoms with Crippen molar-refractivity contribution in [2.24, 2.45) is 0 Å². The van der Waals surface area contributed by atoms with E-state index in [1.54, 1.807) is 18.4 Å². The fourth-order valence-corrected chi connectivity index (χ4v) is 4.07. The Kier molecular flexibility index (Phi) is 8.49. The van der Waals surface area contributed by atoms with Crippen molar-refractivity contribution < 1.29 is 22.7 Å². The zero-order valence-corrected chi connectivity index (χ0v) is 20.5. The van der Waals surface area contributed by atoms with E-state index in [9.17, 15) is 18.0 Å². The van der Waals surface area contributed by atoms with Gasteiger partial charge in [-0.05, 0) is 48.8 Å². The first-order chi connectivity index (χ1) is 17.8. The molecule has 37 heavy (non-hydrogen) atoms. The monoisotopic (exact) mass is 517 g/mol. The van der Waals surface area contributed by atoms with Gasteiger partial charge < -0.3 is 25.6 Å². The zero-order valence-electron chi connectivity index (χ0n) is 20.5. The Hall–Kier alpha value is -3.80. The standard InChI is InChI=1S/C25H30F3N7O2/c1-2-18-16-19(34-13-9-29-10-14-34)6-7-21(18)32-23-31-17-20(25(26,27)28)22(33-23)30-8-5-12-35-11-3-4-15-37-24(35)36/h3-4,6-7,11,15-17,29H,2,5,8-10,12-14H2,1H3,(H2,30,31,32,33). The molecule has 2 aromatic rings. The van der Waals surface area contributed by atoms with E-state index >= 15 is 0 Å². The molecule has 0 radical (unpaired) electrons. The summed E-state index contributed by atoms with van der Waals surface area (Å²) >= 11 is 0. The minimum atomic E-state index is -4.62. The summed E-state index contributed by atoms with van der Waals surface area (Å²) in [6.45, 7) is 6.12. The number of nitrogens with one attached hydrogen (secondary N) is 3. The van der Waals surface area contributed by atoms with Crippen molar-refractivity contribution in [3.63, 3.8) is 0 Å². The number of aromatic nitrogens is 2. The van der Waals surface area contributed by atoms with Gasteiger partial charge in [-0.2, -0.15) is 18.2 Å². The van der Waals surface area contributed by atoms with Crippen LogP contribution in [0.4, 0.5) is 41.1 Å². The van der Waals surface area contributed by atoms with Gasteiger partial charge in [-0.15, -0.1) is 0 Å². The van der Waals surface area contributed by atoms with Gasteiger partial charge in [-0.1, -0.05) is 6.92 Å². The number of halogens is 3. The first-order valence-electron chi connectivity index (χ1n) is 12.2. The van der Waals surface area contributed by atoms with E-state index in [0.29, 0.717) is 6.42 Å². The van der Waals surface area contributed by atoms with Gasteiger partial charge in [0.1, 0.15) is 11.4 Å². The lowest BCUT2D eigenvalue weighted by Gasteiger charge is -2.30. The molecular weight excluding hydrogens is 487 g/mol. The molecule has 0 saturated carbocycles. The number of nitrogens with zero attached hydrogens (tertiary/aromatic N) is 4. The molecule has 1 saturated heterocycles. The summed E-state index contributed by atoms with van der Waals surface area (Å²) < 4.78 is 45.7. The lowest BCUT2D eigenvalue weighted by atomic mass is 10.1. The molecular formula is C25H30F3N7O2. The Morgan fingerprint density at radius 3 is 2.76 bits per heavy atom. The van der Waals surface area contributed by atoms with E-state index in [4.69, 9.17) is 4.74 Å². The third-order valence-corrected chi connectivity index (χ3v) is 6.02. The summed E-state index contributed by atoms with van der Waals surface area (Å²) in [7, 11) is 0. The van der Waals surface area contributed by atoms with Crippen LogP contribution in [0.2, 0.25) is 0 Å². The second kappa shape index (κ2) is 12.0. The molecule has 1 amide bonds. The first-order valence-corrected chi connectivity index (χ1v) is 12.2. The SMILES string of the molecule is CCc1cc(N2CCNCC2)ccc1Nc1ncc(C(F)(F)F)c(NCCCN2C=CC=COC2=O)n1. The molecule has 0 unspecified atom stereocenters. The number of hydrogen-bond donors (Lipinski definition) is 3. The molecule has 3 heterocycles. The minimum Gasteiger partial charge on any atom is -0.418 e. The number of carbonyl (C=O) groups is 1. The Morgan fingerprint density at radius 1 is 1.19 bits per heavy atom. The number of ether oxygens (including phenoxy) is 1. The molecule has 0 bridgehead atoms. The second-order valence-electron chi connectivity index (χ2n) is 8.54. The van der Waals surface area contributed by atoms with Crippen LogP contribution in [-0.4, -0.2) is 60.2 Å². The average molecular weight is 518 g/mol. The van der Waals surface area contributed by atoms with Gasteiger partial charge in [0.2, 0.25) is 5.95 Å². The zero-order chi connectivity index (χ0) is 26.3. The van der Waals surface area contributed by atoms with Crippen LogP contribution in [0.1, 0.15) is 24.5 Å². The van der Waals surface area contributed by atoms with Gasteiger partial charge in [-0.25, -0.2) is 9.78 Å². The summed E-state index contributed by atoms with van der Waals surface area (Å²) in [6, 6.07) is 6.00. The van der Waals surface area contributed by atoms with Crippen LogP contribution in [0.5, 0.6) is 0 Å². The van der Waals surface area contributed by atoms with E-state index in [1.165, 1.54) is 11.2 Å². The highest BCUT2D eigenvalue weighted by atomic mass is 19.4. The summed E-state index contributed by atoms with van der Waals surface area (Å²) in [5, 5.41) is 9.17. The number of amides is 1. The number of cyclic esters (lactones) is 1. The van der Waals surface area contributed by atoms with Gasteiger partial charge in [0.25, 0.3) is 0 Å². The van der Waals surface area contributed by atoms with Crippen molar-refractivity contribution in [1.29, 1.82) is 0 Å². The fraction of sp³-hybridized carbons (Fsp3) is 0.400. The molecule has 4 rings (SSSR count). The lowest BCUT2D eigenvalue weighted by Crippen LogP contribution is -2.43. The van der Waals surface area contributed by atoms with Gasteiger partial charge in [-0.3, -0.25) is 4.90 Å². The third-order valence-electron chi connectivity index (χ3n) is 6.02. The maximum Gasteiger partial charge on any atom is 0.421 e. The number of rotatable bonds is 9. The van der Waals surface area contributed by atoms with Crippen molar-refractivity contribution in [2.75, 3.05) is 54.8 Å². The van der Waals surface area contributed by atoms with E-state index < -0.39 is 17.8 Å². The van der Waals surface area contributed by atoms with Crippen LogP contribution in [0, 0.1) is 0 Å². The number of hydrogen-bond acceptors (Lipinski definition) is 8. The summed E-state index contributed by atoms with van der Waals surface area (Å²) in [4.78, 5) is 23.5. The van der Waals surface area contributed by atoms with Crippen molar-refractivity contribution in [1.82, 2.24) is 20.2 Å². The molecule has 3 N–H and O–H groups in total. The van der Waals surface area contributed by atoms with E-state index in [1.807, 2.05) is 19.1 Å². The van der Waals surface area contributed by atoms with E-state index in [2.05, 4.69) is 36.9 Å². The Balaban J connectivity index is 1.45. The number of anilines is 4. The van der Waals surface area contributed by atoms with Crippen LogP contribution in [0.15, 0.2) is 49.0 Å². The molecule has 9 nitrogen and oxygen atoms in total. The van der Waals surface area contributed by atoms with Crippen molar-refractivity contribution >= 4 is 29.2 Å². The average Bonchev–Trinajstić information content (AvgIpc) is 3.10. The van der Waals surface area contributed by atoms with Gasteiger partial charge in [0.05, 0.1) is 6.26 Å². The molecule has 0 atom stereocenters. The number of benzene rings is 1. The van der Waals surface area contributed by atoms with Crippen LogP contribution in [0.3, 0.4) is 0 Å². The normalized spacial score (nSPS) is 15.9. The van der Waals surface area contributed by atoms with Gasteiger partial charge in [0.15, 0.2) is 0 Å². The number of piperazine rings is 1. The van der Waals surface area contributed by atoms with E-state index in [0.717, 1.165) is 55.7 Å². The van der Waals surface area contributed by atoms with Crippen molar-refractivity contribution in [2.45, 2.75) is 25.9 Å². The largest absolute Gasteiger partial charge is 0.421 e. The van der Waals surface area contributed by atoms with Crippen molar-refractivity contribution in [3.8, 4) is 0 Å². The molecule has 0 spiro atoms. The van der Waals surface area contributed by atoms with Crippen LogP contribution in [0.25, 0.3) is 0 Å². The molecule has 2 aliphatic rings. The lowest BCUT2D eigenvalue weighted by molar-refractivity contribution is -0.137. The Bertz CT molecular complexity index is 1150. The first kappa shape index (κ1) is 26.3. The summed E-state index contributed by atoms with van der Waals surface area (Å²) in [5.74, 6) is -0.263. The van der Waals surface area contributed by atoms with Crippen molar-refractivity contribution in [3.05, 3.63) is 60.1 Å². The Labute approximate surface area is 213 Å². The second-order valence-corrected chi connectivity index (χ2v) is 8.54. The molecule has 1 aromatic carbocycles.